The zero-order valence-electron chi connectivity index (χ0n) is 33.7. The van der Waals surface area contributed by atoms with Crippen molar-refractivity contribution in [3.8, 4) is 0 Å². The van der Waals surface area contributed by atoms with E-state index in [1.165, 1.54) is 42.5 Å². The standard InChI is InChI=1S/C11H11NO2.2C8H13NO2.C7H11NO2.C5H7NO2.6CH4.W/c1-12-10(11(13)14-2)8-9-6-4-3-5-7-9;1-6(2)5-7(9-3)8(10)11-4;1-4-5-6-7(9-2)8(10)11-3;1-5(2)6(8-3)7(9)10-4;1-4(6-2)5(7)8-3;;;;;;;/h3-7,10H,8H2,2H3;6-7H,5H2,1-2,4H3;7H,4-6H2,1,3H3;5-6H,1-2,4H3;4H,1,3H3;6*1H4;/t10-;2*7-;6-;4-;;;;;;;/m00000......./s1. The molecule has 0 spiro atoms. The minimum Gasteiger partial charge on any atom is -0.463 e. The van der Waals surface area contributed by atoms with Crippen LogP contribution in [0.5, 0.6) is 0 Å². The van der Waals surface area contributed by atoms with Crippen LogP contribution in [-0.2, 0) is 75.1 Å². The monoisotopic (exact) mass is 1030 g/mol. The van der Waals surface area contributed by atoms with Crippen molar-refractivity contribution in [2.75, 3.05) is 35.5 Å². The fourth-order valence-corrected chi connectivity index (χ4v) is 3.53. The van der Waals surface area contributed by atoms with E-state index in [0.717, 1.165) is 18.4 Å². The molecule has 0 N–H and O–H groups in total. The van der Waals surface area contributed by atoms with Crippen molar-refractivity contribution >= 4 is 29.8 Å². The topological polar surface area (TPSA) is 153 Å². The molecule has 0 amide bonds. The molecule has 1 rings (SSSR count). The second-order valence-corrected chi connectivity index (χ2v) is 11.6. The molecule has 61 heavy (non-hydrogen) atoms. The van der Waals surface area contributed by atoms with Gasteiger partial charge in [-0.25, -0.2) is 56.8 Å². The first-order valence-corrected chi connectivity index (χ1v) is 16.8. The van der Waals surface area contributed by atoms with Crippen molar-refractivity contribution in [1.82, 2.24) is 0 Å². The van der Waals surface area contributed by atoms with Crippen LogP contribution in [0.4, 0.5) is 0 Å². The van der Waals surface area contributed by atoms with Gasteiger partial charge in [0.15, 0.2) is 0 Å². The van der Waals surface area contributed by atoms with Gasteiger partial charge >= 0.3 is 60.1 Å². The molecule has 0 radical (unpaired) electrons. The van der Waals surface area contributed by atoms with E-state index in [-0.39, 0.29) is 71.5 Å². The summed E-state index contributed by atoms with van der Waals surface area (Å²) in [4.78, 5) is 69.5. The van der Waals surface area contributed by atoms with Gasteiger partial charge in [-0.05, 0) is 17.9 Å². The number of carbonyl (C=O) groups is 5. The van der Waals surface area contributed by atoms with E-state index in [9.17, 15) is 24.0 Å². The van der Waals surface area contributed by atoms with Crippen LogP contribution in [0.15, 0.2) is 30.3 Å². The molecule has 5 atom stereocenters. The van der Waals surface area contributed by atoms with Gasteiger partial charge in [0.1, 0.15) is 0 Å². The summed E-state index contributed by atoms with van der Waals surface area (Å²) in [5.41, 5.74) is 0.971. The zero-order valence-corrected chi connectivity index (χ0v) is 36.6. The molecule has 0 fully saturated rings. The summed E-state index contributed by atoms with van der Waals surface area (Å²) in [5, 5.41) is 0. The summed E-state index contributed by atoms with van der Waals surface area (Å²) in [6.45, 7) is 44.4. The zero-order chi connectivity index (χ0) is 42.6. The van der Waals surface area contributed by atoms with Gasteiger partial charge in [-0.2, -0.15) is 0 Å². The molecule has 0 aliphatic carbocycles. The SMILES string of the molecule is C.C.C.C.C.C.[C-]#[N+][C@@H](C)C(=O)OC.[C-]#[N+][C@@H](CC(C)C)C(=O)OC.[C-]#[N+][C@@H](CCCC)C(=O)OC.[C-]#[N+][C@@H](Cc1ccccc1)C(=O)OC.[C-]#[N+][C@H](C(=O)OC)C(C)C.[W]. The van der Waals surface area contributed by atoms with Crippen LogP contribution in [0.1, 0.15) is 117 Å². The van der Waals surface area contributed by atoms with Gasteiger partial charge < -0.3 is 47.9 Å². The maximum atomic E-state index is 11.1. The summed E-state index contributed by atoms with van der Waals surface area (Å²) >= 11 is 0. The Labute approximate surface area is 385 Å². The second-order valence-electron chi connectivity index (χ2n) is 11.6. The summed E-state index contributed by atoms with van der Waals surface area (Å²) in [7, 11) is 6.48. The molecule has 16 heteroatoms. The Kier molecular flexibility index (Phi) is 74.8. The fraction of sp³-hybridized carbons (Fsp3) is 0.644. The van der Waals surface area contributed by atoms with Gasteiger partial charge in [-0.1, -0.05) is 116 Å². The number of carbonyl (C=O) groups excluding carboxylic acids is 5. The van der Waals surface area contributed by atoms with Crippen LogP contribution in [0, 0.1) is 44.7 Å². The summed E-state index contributed by atoms with van der Waals surface area (Å²) < 4.78 is 22.1. The van der Waals surface area contributed by atoms with E-state index in [2.05, 4.69) is 47.9 Å². The first-order valence-electron chi connectivity index (χ1n) is 16.8. The quantitative estimate of drug-likeness (QED) is 0.106. The molecular formula is C45H79N5O10W. The average molecular weight is 1030 g/mol. The van der Waals surface area contributed by atoms with Gasteiger partial charge in [0, 0.05) is 46.7 Å². The first-order chi connectivity index (χ1) is 25.5. The number of hydrogen-bond donors (Lipinski definition) is 0. The number of unbranched alkanes of at least 4 members (excludes halogenated alkanes) is 1. The number of methoxy groups -OCH3 is 5. The molecule has 0 aliphatic rings. The van der Waals surface area contributed by atoms with Crippen LogP contribution in [0.25, 0.3) is 24.2 Å². The Bertz CT molecular complexity index is 1460. The third kappa shape index (κ3) is 44.1. The fourth-order valence-electron chi connectivity index (χ4n) is 3.53. The number of esters is 5. The Morgan fingerprint density at radius 3 is 1.18 bits per heavy atom. The van der Waals surface area contributed by atoms with Crippen molar-refractivity contribution in [2.45, 2.75) is 148 Å². The first kappa shape index (κ1) is 83.4. The summed E-state index contributed by atoms with van der Waals surface area (Å²) in [5.74, 6) is -1.82. The minimum absolute atomic E-state index is 0. The Hall–Kier alpha value is -5.29. The van der Waals surface area contributed by atoms with Gasteiger partial charge in [-0.3, -0.25) is 0 Å². The van der Waals surface area contributed by atoms with Gasteiger partial charge in [0.25, 0.3) is 0 Å². The molecule has 350 valence electrons. The van der Waals surface area contributed by atoms with Crippen molar-refractivity contribution < 1.29 is 68.7 Å². The van der Waals surface area contributed by atoms with Crippen molar-refractivity contribution in [2.24, 2.45) is 11.8 Å². The molecule has 1 aromatic rings. The molecule has 0 bridgehead atoms. The number of rotatable bonds is 13. The number of ether oxygens (including phenoxy) is 5. The van der Waals surface area contributed by atoms with E-state index in [1.807, 2.05) is 65.0 Å². The maximum Gasteiger partial charge on any atom is 0.390 e. The molecule has 0 aromatic heterocycles. The van der Waals surface area contributed by atoms with Crippen molar-refractivity contribution in [1.29, 1.82) is 0 Å². The molecule has 0 saturated heterocycles. The predicted octanol–water partition coefficient (Wildman–Crippen LogP) is 10.2. The van der Waals surface area contributed by atoms with Crippen LogP contribution >= 0.6 is 0 Å². The molecular weight excluding hydrogens is 954 g/mol. The largest absolute Gasteiger partial charge is 0.463 e. The molecule has 0 unspecified atom stereocenters. The van der Waals surface area contributed by atoms with Crippen LogP contribution in [0.2, 0.25) is 0 Å². The molecule has 0 aliphatic heterocycles. The van der Waals surface area contributed by atoms with E-state index in [4.69, 9.17) is 32.9 Å². The van der Waals surface area contributed by atoms with Crippen LogP contribution in [0.3, 0.4) is 0 Å². The third-order valence-electron chi connectivity index (χ3n) is 6.63. The Morgan fingerprint density at radius 2 is 0.918 bits per heavy atom. The molecule has 0 heterocycles. The number of nitrogens with zero attached hydrogens (tertiary/aromatic N) is 5. The smallest absolute Gasteiger partial charge is 0.390 e. The van der Waals surface area contributed by atoms with Crippen LogP contribution < -0.4 is 0 Å². The molecule has 0 saturated carbocycles. The van der Waals surface area contributed by atoms with Gasteiger partial charge in [-0.15, -0.1) is 0 Å². The predicted molar refractivity (Wildman–Crippen MR) is 242 cm³/mol. The van der Waals surface area contributed by atoms with Crippen LogP contribution in [-0.4, -0.2) is 95.6 Å². The van der Waals surface area contributed by atoms with Crippen molar-refractivity contribution in [3.05, 3.63) is 93.0 Å². The summed E-state index contributed by atoms with van der Waals surface area (Å²) in [6, 6.07) is 6.24. The van der Waals surface area contributed by atoms with E-state index >= 15 is 0 Å². The van der Waals surface area contributed by atoms with Gasteiger partial charge in [0.2, 0.25) is 0 Å². The molecule has 1 aromatic carbocycles. The number of hydrogen-bond acceptors (Lipinski definition) is 10. The summed E-state index contributed by atoms with van der Waals surface area (Å²) in [6.07, 6.45) is 3.52. The third-order valence-corrected chi connectivity index (χ3v) is 6.63. The van der Waals surface area contributed by atoms with E-state index in [1.54, 1.807) is 0 Å². The molecule has 15 nitrogen and oxygen atoms in total. The second kappa shape index (κ2) is 54.7. The number of benzene rings is 1. The normalized spacial score (nSPS) is 10.5. The van der Waals surface area contributed by atoms with E-state index in [0.29, 0.717) is 25.2 Å². The Balaban J connectivity index is -0.0000000559. The Morgan fingerprint density at radius 1 is 0.541 bits per heavy atom. The minimum atomic E-state index is -0.720. The van der Waals surface area contributed by atoms with Crippen molar-refractivity contribution in [3.63, 3.8) is 0 Å². The average Bonchev–Trinajstić information content (AvgIpc) is 3.19. The maximum absolute atomic E-state index is 11.1. The van der Waals surface area contributed by atoms with E-state index < -0.39 is 60.1 Å². The van der Waals surface area contributed by atoms with Gasteiger partial charge in [0.05, 0.1) is 42.0 Å².